The Morgan fingerprint density at radius 1 is 1.21 bits per heavy atom. The summed E-state index contributed by atoms with van der Waals surface area (Å²) in [4.78, 5) is 0. The Morgan fingerprint density at radius 2 is 1.84 bits per heavy atom. The third-order valence-electron chi connectivity index (χ3n) is 3.16. The largest absolute Gasteiger partial charge is 0.496 e. The van der Waals surface area contributed by atoms with E-state index in [1.54, 1.807) is 21.0 Å². The molecule has 1 aromatic carbocycles. The minimum Gasteiger partial charge on any atom is -0.496 e. The van der Waals surface area contributed by atoms with Crippen LogP contribution in [0.25, 0.3) is 0 Å². The number of hydrogen-bond donors (Lipinski definition) is 1. The molecule has 1 rings (SSSR count). The molecule has 5 heteroatoms. The van der Waals surface area contributed by atoms with Crippen molar-refractivity contribution < 1.29 is 13.2 Å². The molecule has 0 unspecified atom stereocenters. The van der Waals surface area contributed by atoms with Crippen molar-refractivity contribution in [3.8, 4) is 5.75 Å². The molecule has 1 N–H and O–H groups in total. The van der Waals surface area contributed by atoms with Gasteiger partial charge in [0, 0.05) is 18.2 Å². The summed E-state index contributed by atoms with van der Waals surface area (Å²) in [5, 5.41) is 2.90. The smallest absolute Gasteiger partial charge is 0.153 e. The second kappa shape index (κ2) is 6.91. The molecule has 108 valence electrons. The van der Waals surface area contributed by atoms with Crippen molar-refractivity contribution in [3.63, 3.8) is 0 Å². The second-order valence-corrected chi connectivity index (χ2v) is 7.51. The molecule has 4 nitrogen and oxygen atoms in total. The van der Waals surface area contributed by atoms with Gasteiger partial charge in [-0.25, -0.2) is 8.42 Å². The predicted octanol–water partition coefficient (Wildman–Crippen LogP) is 2.17. The number of rotatable bonds is 7. The van der Waals surface area contributed by atoms with E-state index in [0.29, 0.717) is 6.54 Å². The molecule has 0 saturated carbocycles. The monoisotopic (exact) mass is 285 g/mol. The van der Waals surface area contributed by atoms with Crippen LogP contribution >= 0.6 is 0 Å². The maximum atomic E-state index is 11.7. The second-order valence-electron chi connectivity index (χ2n) is 4.83. The van der Waals surface area contributed by atoms with Gasteiger partial charge in [-0.2, -0.15) is 0 Å². The van der Waals surface area contributed by atoms with Gasteiger partial charge >= 0.3 is 0 Å². The highest BCUT2D eigenvalue weighted by Gasteiger charge is 2.16. The fourth-order valence-electron chi connectivity index (χ4n) is 1.79. The van der Waals surface area contributed by atoms with E-state index in [0.717, 1.165) is 11.3 Å². The highest BCUT2D eigenvalue weighted by atomic mass is 32.2. The molecule has 0 radical (unpaired) electrons. The van der Waals surface area contributed by atoms with E-state index in [4.69, 9.17) is 4.74 Å². The first-order valence-corrected chi connectivity index (χ1v) is 8.18. The predicted molar refractivity (Wildman–Crippen MR) is 78.3 cm³/mol. The number of para-hydroxylation sites is 1. The molecular weight excluding hydrogens is 262 g/mol. The first kappa shape index (κ1) is 16.0. The molecule has 19 heavy (non-hydrogen) atoms. The van der Waals surface area contributed by atoms with Gasteiger partial charge in [-0.3, -0.25) is 0 Å². The number of sulfone groups is 1. The van der Waals surface area contributed by atoms with Crippen molar-refractivity contribution >= 4 is 9.84 Å². The van der Waals surface area contributed by atoms with Crippen LogP contribution in [0.3, 0.4) is 0 Å². The van der Waals surface area contributed by atoms with Crippen molar-refractivity contribution in [2.45, 2.75) is 32.1 Å². The summed E-state index contributed by atoms with van der Waals surface area (Å²) in [6.45, 7) is 5.86. The molecule has 0 aliphatic rings. The zero-order valence-electron chi connectivity index (χ0n) is 12.0. The third-order valence-corrected chi connectivity index (χ3v) is 5.37. The van der Waals surface area contributed by atoms with Crippen molar-refractivity contribution in [1.29, 1.82) is 0 Å². The molecule has 0 spiro atoms. The standard InChI is InChI=1S/C14H23NO3S/c1-11(2)19(16,17)10-9-15-12(3)13-7-5-6-8-14(13)18-4/h5-8,11-12,15H,9-10H2,1-4H3/t12-/m1/s1. The van der Waals surface area contributed by atoms with E-state index in [1.807, 2.05) is 31.2 Å². The lowest BCUT2D eigenvalue weighted by atomic mass is 10.1. The average Bonchev–Trinajstić information content (AvgIpc) is 2.38. The SMILES string of the molecule is COc1ccccc1[C@@H](C)NCCS(=O)(=O)C(C)C. The van der Waals surface area contributed by atoms with Crippen LogP contribution in [-0.2, 0) is 9.84 Å². The molecule has 0 bridgehead atoms. The molecule has 0 amide bonds. The summed E-state index contributed by atoms with van der Waals surface area (Å²) in [7, 11) is -1.35. The van der Waals surface area contributed by atoms with E-state index in [9.17, 15) is 8.42 Å². The molecule has 0 aliphatic carbocycles. The highest BCUT2D eigenvalue weighted by molar-refractivity contribution is 7.92. The molecule has 0 aliphatic heterocycles. The molecule has 0 aromatic heterocycles. The van der Waals surface area contributed by atoms with Gasteiger partial charge in [0.2, 0.25) is 0 Å². The van der Waals surface area contributed by atoms with Gasteiger partial charge in [0.25, 0.3) is 0 Å². The zero-order chi connectivity index (χ0) is 14.5. The minimum atomic E-state index is -2.99. The molecule has 0 fully saturated rings. The van der Waals surface area contributed by atoms with Crippen molar-refractivity contribution in [2.24, 2.45) is 0 Å². The summed E-state index contributed by atoms with van der Waals surface area (Å²) in [5.41, 5.74) is 1.03. The molecule has 0 saturated heterocycles. The lowest BCUT2D eigenvalue weighted by molar-refractivity contribution is 0.402. The van der Waals surface area contributed by atoms with Crippen LogP contribution in [0.4, 0.5) is 0 Å². The van der Waals surface area contributed by atoms with E-state index in [2.05, 4.69) is 5.32 Å². The van der Waals surface area contributed by atoms with Crippen LogP contribution in [0.5, 0.6) is 5.75 Å². The average molecular weight is 285 g/mol. The van der Waals surface area contributed by atoms with Crippen LogP contribution in [-0.4, -0.2) is 33.1 Å². The van der Waals surface area contributed by atoms with Gasteiger partial charge in [-0.1, -0.05) is 18.2 Å². The van der Waals surface area contributed by atoms with Crippen LogP contribution in [0.15, 0.2) is 24.3 Å². The van der Waals surface area contributed by atoms with Gasteiger partial charge in [-0.05, 0) is 26.8 Å². The van der Waals surface area contributed by atoms with Crippen molar-refractivity contribution in [2.75, 3.05) is 19.4 Å². The van der Waals surface area contributed by atoms with Crippen LogP contribution in [0.2, 0.25) is 0 Å². The lowest BCUT2D eigenvalue weighted by Crippen LogP contribution is -2.29. The maximum absolute atomic E-state index is 11.7. The zero-order valence-corrected chi connectivity index (χ0v) is 12.8. The maximum Gasteiger partial charge on any atom is 0.153 e. The first-order valence-electron chi connectivity index (χ1n) is 6.46. The number of ether oxygens (including phenoxy) is 1. The molecule has 1 atom stereocenters. The van der Waals surface area contributed by atoms with Crippen LogP contribution in [0.1, 0.15) is 32.4 Å². The molecule has 0 heterocycles. The van der Waals surface area contributed by atoms with Crippen LogP contribution < -0.4 is 10.1 Å². The Labute approximate surface area is 116 Å². The van der Waals surface area contributed by atoms with Crippen molar-refractivity contribution in [3.05, 3.63) is 29.8 Å². The highest BCUT2D eigenvalue weighted by Crippen LogP contribution is 2.24. The number of nitrogens with one attached hydrogen (secondary N) is 1. The summed E-state index contributed by atoms with van der Waals surface area (Å²) in [5.74, 6) is 0.971. The normalized spacial score (nSPS) is 13.5. The quantitative estimate of drug-likeness (QED) is 0.834. The Kier molecular flexibility index (Phi) is 5.82. The summed E-state index contributed by atoms with van der Waals surface area (Å²) in [6.07, 6.45) is 0. The van der Waals surface area contributed by atoms with Crippen LogP contribution in [0, 0.1) is 0 Å². The number of benzene rings is 1. The van der Waals surface area contributed by atoms with Gasteiger partial charge in [0.05, 0.1) is 18.1 Å². The Hall–Kier alpha value is -1.07. The van der Waals surface area contributed by atoms with Gasteiger partial charge in [0.15, 0.2) is 9.84 Å². The van der Waals surface area contributed by atoms with E-state index >= 15 is 0 Å². The number of methoxy groups -OCH3 is 1. The Bertz CT molecular complexity index is 497. The minimum absolute atomic E-state index is 0.0542. The van der Waals surface area contributed by atoms with E-state index in [1.165, 1.54) is 0 Å². The van der Waals surface area contributed by atoms with Gasteiger partial charge in [0.1, 0.15) is 5.75 Å². The number of hydrogen-bond acceptors (Lipinski definition) is 4. The van der Waals surface area contributed by atoms with Crippen molar-refractivity contribution in [1.82, 2.24) is 5.32 Å². The summed E-state index contributed by atoms with van der Waals surface area (Å²) < 4.78 is 28.7. The Balaban J connectivity index is 2.59. The summed E-state index contributed by atoms with van der Waals surface area (Å²) in [6, 6.07) is 7.80. The third kappa shape index (κ3) is 4.51. The van der Waals surface area contributed by atoms with E-state index < -0.39 is 9.84 Å². The van der Waals surface area contributed by atoms with E-state index in [-0.39, 0.29) is 17.0 Å². The lowest BCUT2D eigenvalue weighted by Gasteiger charge is -2.17. The topological polar surface area (TPSA) is 55.4 Å². The fraction of sp³-hybridized carbons (Fsp3) is 0.571. The first-order chi connectivity index (χ1) is 8.88. The summed E-state index contributed by atoms with van der Waals surface area (Å²) >= 11 is 0. The fourth-order valence-corrected chi connectivity index (χ4v) is 2.66. The Morgan fingerprint density at radius 3 is 2.42 bits per heavy atom. The van der Waals surface area contributed by atoms with Gasteiger partial charge < -0.3 is 10.1 Å². The molecular formula is C14H23NO3S. The molecule has 1 aromatic rings. The van der Waals surface area contributed by atoms with Gasteiger partial charge in [-0.15, -0.1) is 0 Å².